The summed E-state index contributed by atoms with van der Waals surface area (Å²) < 4.78 is 3.93. The lowest BCUT2D eigenvalue weighted by molar-refractivity contribution is -0.671. The van der Waals surface area contributed by atoms with Crippen molar-refractivity contribution < 1.29 is 28.5 Å². The van der Waals surface area contributed by atoms with E-state index in [1.165, 1.54) is 0 Å². The molecule has 2 heterocycles. The van der Waals surface area contributed by atoms with Crippen LogP contribution >= 0.6 is 0 Å². The lowest BCUT2D eigenvalue weighted by atomic mass is 10.2. The summed E-state index contributed by atoms with van der Waals surface area (Å²) in [6.45, 7) is 0. The molecular formula is C20H17IN4. The Morgan fingerprint density at radius 3 is 2.28 bits per heavy atom. The molecule has 2 aromatic carbocycles. The Balaban J connectivity index is 0.00000182. The molecule has 124 valence electrons. The summed E-state index contributed by atoms with van der Waals surface area (Å²) in [5.41, 5.74) is 5.07. The first-order chi connectivity index (χ1) is 11.8. The quantitative estimate of drug-likeness (QED) is 0.342. The summed E-state index contributed by atoms with van der Waals surface area (Å²) in [6.07, 6.45) is 6.22. The average molecular weight is 440 g/mol. The van der Waals surface area contributed by atoms with Crippen molar-refractivity contribution in [3.63, 3.8) is 0 Å². The van der Waals surface area contributed by atoms with E-state index in [0.717, 1.165) is 28.0 Å². The van der Waals surface area contributed by atoms with Gasteiger partial charge in [0.2, 0.25) is 5.69 Å². The summed E-state index contributed by atoms with van der Waals surface area (Å²) >= 11 is 0. The van der Waals surface area contributed by atoms with E-state index in [4.69, 9.17) is 0 Å². The van der Waals surface area contributed by atoms with Crippen molar-refractivity contribution in [2.75, 3.05) is 0 Å². The van der Waals surface area contributed by atoms with Gasteiger partial charge in [-0.25, -0.2) is 4.68 Å². The molecule has 0 saturated heterocycles. The molecule has 4 aromatic rings. The molecular weight excluding hydrogens is 423 g/mol. The fraction of sp³-hybridized carbons (Fsp3) is 0.0500. The van der Waals surface area contributed by atoms with Gasteiger partial charge in [-0.1, -0.05) is 53.7 Å². The van der Waals surface area contributed by atoms with Crippen molar-refractivity contribution in [1.29, 1.82) is 0 Å². The minimum atomic E-state index is 0. The maximum atomic E-state index is 4.41. The number of hydrogen-bond donors (Lipinski definition) is 0. The van der Waals surface area contributed by atoms with E-state index in [0.29, 0.717) is 0 Å². The third-order valence-corrected chi connectivity index (χ3v) is 4.02. The van der Waals surface area contributed by atoms with Gasteiger partial charge in [0.25, 0.3) is 0 Å². The lowest BCUT2D eigenvalue weighted by Gasteiger charge is -2.01. The number of aryl methyl sites for hydroxylation is 1. The van der Waals surface area contributed by atoms with E-state index >= 15 is 0 Å². The highest BCUT2D eigenvalue weighted by Crippen LogP contribution is 2.18. The molecule has 4 nitrogen and oxygen atoms in total. The summed E-state index contributed by atoms with van der Waals surface area (Å²) in [5.74, 6) is 0. The van der Waals surface area contributed by atoms with E-state index in [-0.39, 0.29) is 24.0 Å². The Bertz CT molecular complexity index is 1010. The third-order valence-electron chi connectivity index (χ3n) is 4.02. The van der Waals surface area contributed by atoms with Crippen LogP contribution in [-0.4, -0.2) is 15.0 Å². The summed E-state index contributed by atoms with van der Waals surface area (Å²) in [6, 6.07) is 22.3. The summed E-state index contributed by atoms with van der Waals surface area (Å²) in [7, 11) is 2.02. The van der Waals surface area contributed by atoms with Gasteiger partial charge in [-0.15, -0.1) is 5.10 Å². The van der Waals surface area contributed by atoms with E-state index in [2.05, 4.69) is 39.2 Å². The van der Waals surface area contributed by atoms with Gasteiger partial charge in [0.1, 0.15) is 12.6 Å². The molecule has 0 fully saturated rings. The van der Waals surface area contributed by atoms with Gasteiger partial charge < -0.3 is 24.0 Å². The number of rotatable bonds is 3. The van der Waals surface area contributed by atoms with Crippen molar-refractivity contribution in [1.82, 2.24) is 15.0 Å². The van der Waals surface area contributed by atoms with Gasteiger partial charge in [-0.2, -0.15) is 4.57 Å². The predicted molar refractivity (Wildman–Crippen MR) is 95.4 cm³/mol. The summed E-state index contributed by atoms with van der Waals surface area (Å²) in [5, 5.41) is 8.75. The van der Waals surface area contributed by atoms with Crippen LogP contribution in [-0.2, 0) is 7.05 Å². The van der Waals surface area contributed by atoms with Crippen molar-refractivity contribution >= 4 is 23.2 Å². The molecule has 0 aliphatic heterocycles. The Morgan fingerprint density at radius 1 is 0.880 bits per heavy atom. The smallest absolute Gasteiger partial charge is 0.235 e. The minimum absolute atomic E-state index is 0. The van der Waals surface area contributed by atoms with Crippen LogP contribution in [0.3, 0.4) is 0 Å². The van der Waals surface area contributed by atoms with Crippen molar-refractivity contribution in [3.8, 4) is 5.69 Å². The fourth-order valence-corrected chi connectivity index (χ4v) is 2.75. The number of hydrogen-bond acceptors (Lipinski definition) is 2. The first-order valence-electron chi connectivity index (χ1n) is 7.85. The molecule has 2 aromatic heterocycles. The molecule has 5 heteroatoms. The maximum Gasteiger partial charge on any atom is 0.235 e. The molecule has 0 unspecified atom stereocenters. The number of pyridine rings is 1. The van der Waals surface area contributed by atoms with Crippen LogP contribution in [0.25, 0.3) is 28.9 Å². The summed E-state index contributed by atoms with van der Waals surface area (Å²) in [4.78, 5) is 0. The van der Waals surface area contributed by atoms with E-state index in [9.17, 15) is 0 Å². The van der Waals surface area contributed by atoms with Gasteiger partial charge in [0.15, 0.2) is 11.7 Å². The number of fused-ring (bicyclic) bond motifs is 1. The Kier molecular flexibility index (Phi) is 5.23. The van der Waals surface area contributed by atoms with E-state index in [1.54, 1.807) is 0 Å². The molecule has 0 bridgehead atoms. The second-order valence-corrected chi connectivity index (χ2v) is 5.63. The number of aromatic nitrogens is 4. The second kappa shape index (κ2) is 7.57. The minimum Gasteiger partial charge on any atom is -1.00 e. The van der Waals surface area contributed by atoms with Crippen LogP contribution in [0.1, 0.15) is 11.3 Å². The molecule has 0 atom stereocenters. The molecule has 0 saturated carbocycles. The molecule has 0 aliphatic rings. The molecule has 0 amide bonds. The van der Waals surface area contributed by atoms with Crippen molar-refractivity contribution in [2.45, 2.75) is 0 Å². The number of halogens is 1. The van der Waals surface area contributed by atoms with Crippen LogP contribution in [0.4, 0.5) is 0 Å². The van der Waals surface area contributed by atoms with Crippen molar-refractivity contribution in [2.24, 2.45) is 7.05 Å². The van der Waals surface area contributed by atoms with Gasteiger partial charge in [0, 0.05) is 12.1 Å². The van der Waals surface area contributed by atoms with Crippen LogP contribution in [0.15, 0.2) is 72.9 Å². The molecule has 25 heavy (non-hydrogen) atoms. The molecule has 0 aliphatic carbocycles. The highest BCUT2D eigenvalue weighted by molar-refractivity contribution is 5.85. The molecule has 0 radical (unpaired) electrons. The van der Waals surface area contributed by atoms with E-state index in [1.807, 2.05) is 72.5 Å². The van der Waals surface area contributed by atoms with Crippen LogP contribution < -0.4 is 28.5 Å². The number of para-hydroxylation sites is 1. The van der Waals surface area contributed by atoms with Gasteiger partial charge in [-0.05, 0) is 23.8 Å². The third kappa shape index (κ3) is 3.46. The van der Waals surface area contributed by atoms with Gasteiger partial charge in [-0.3, -0.25) is 0 Å². The second-order valence-electron chi connectivity index (χ2n) is 5.63. The Morgan fingerprint density at radius 2 is 1.56 bits per heavy atom. The van der Waals surface area contributed by atoms with Gasteiger partial charge >= 0.3 is 0 Å². The lowest BCUT2D eigenvalue weighted by Crippen LogP contribution is -3.00. The number of nitrogens with zero attached hydrogens (tertiary/aromatic N) is 4. The van der Waals surface area contributed by atoms with Crippen LogP contribution in [0, 0.1) is 0 Å². The van der Waals surface area contributed by atoms with Gasteiger partial charge in [0.05, 0.1) is 5.69 Å². The van der Waals surface area contributed by atoms with Crippen molar-refractivity contribution in [3.05, 3.63) is 84.2 Å². The zero-order valence-corrected chi connectivity index (χ0v) is 15.9. The zero-order chi connectivity index (χ0) is 16.4. The van der Waals surface area contributed by atoms with E-state index < -0.39 is 0 Å². The maximum absolute atomic E-state index is 4.41. The highest BCUT2D eigenvalue weighted by Gasteiger charge is 2.16. The topological polar surface area (TPSA) is 34.6 Å². The normalized spacial score (nSPS) is 10.9. The zero-order valence-electron chi connectivity index (χ0n) is 13.7. The Labute approximate surface area is 163 Å². The Hall–Kier alpha value is -2.54. The highest BCUT2D eigenvalue weighted by atomic mass is 127. The predicted octanol–water partition coefficient (Wildman–Crippen LogP) is 0.419. The SMILES string of the molecule is C[n+]1ccc2c(nnn2-c2ccccc2)c1/C=C/c1ccccc1.[I-]. The average Bonchev–Trinajstić information content (AvgIpc) is 3.06. The first-order valence-corrected chi connectivity index (χ1v) is 7.85. The number of benzene rings is 2. The fourth-order valence-electron chi connectivity index (χ4n) is 2.75. The monoisotopic (exact) mass is 440 g/mol. The molecule has 0 N–H and O–H groups in total. The standard InChI is InChI=1S/C20H17N4.HI/c1-23-15-14-19-20(18(23)13-12-16-8-4-2-5-9-16)21-22-24(19)17-10-6-3-7-11-17;/h2-15H,1H3;1H/q+1;/p-1/b13-12+;. The largest absolute Gasteiger partial charge is 1.00 e. The first kappa shape index (κ1) is 17.3. The molecule has 0 spiro atoms. The molecule has 4 rings (SSSR count). The van der Waals surface area contributed by atoms with Crippen LogP contribution in [0.5, 0.6) is 0 Å². The van der Waals surface area contributed by atoms with Crippen LogP contribution in [0.2, 0.25) is 0 Å².